The first-order valence-electron chi connectivity index (χ1n) is 9.17. The van der Waals surface area contributed by atoms with Gasteiger partial charge in [-0.3, -0.25) is 14.7 Å². The number of aliphatic hydroxyl groups is 1. The van der Waals surface area contributed by atoms with Gasteiger partial charge in [-0.05, 0) is 62.8 Å². The summed E-state index contributed by atoms with van der Waals surface area (Å²) >= 11 is 0. The van der Waals surface area contributed by atoms with Crippen molar-refractivity contribution in [1.29, 1.82) is 0 Å². The number of hydrogen-bond donors (Lipinski definition) is 1. The Morgan fingerprint density at radius 3 is 2.67 bits per heavy atom. The molecule has 2 aliphatic heterocycles. The highest BCUT2D eigenvalue weighted by molar-refractivity contribution is 5.73. The van der Waals surface area contributed by atoms with E-state index < -0.39 is 5.60 Å². The van der Waals surface area contributed by atoms with Crippen LogP contribution < -0.4 is 0 Å². The van der Waals surface area contributed by atoms with Gasteiger partial charge in [0.1, 0.15) is 0 Å². The molecule has 1 atom stereocenters. The van der Waals surface area contributed by atoms with Gasteiger partial charge in [-0.15, -0.1) is 0 Å². The van der Waals surface area contributed by atoms with Crippen molar-refractivity contribution in [2.45, 2.75) is 57.1 Å². The summed E-state index contributed by atoms with van der Waals surface area (Å²) in [7, 11) is 0. The number of amides is 1. The van der Waals surface area contributed by atoms with E-state index in [2.05, 4.69) is 22.0 Å². The van der Waals surface area contributed by atoms with Crippen LogP contribution in [0.15, 0.2) is 24.5 Å². The summed E-state index contributed by atoms with van der Waals surface area (Å²) in [6, 6.07) is 4.74. The van der Waals surface area contributed by atoms with Gasteiger partial charge in [-0.25, -0.2) is 0 Å². The molecule has 1 N–H and O–H groups in total. The number of rotatable bonds is 5. The quantitative estimate of drug-likeness (QED) is 0.895. The van der Waals surface area contributed by atoms with Gasteiger partial charge in [0, 0.05) is 45.0 Å². The summed E-state index contributed by atoms with van der Waals surface area (Å²) in [4.78, 5) is 19.9. The van der Waals surface area contributed by atoms with Gasteiger partial charge in [0.2, 0.25) is 5.91 Å². The normalized spacial score (nSPS) is 24.2. The number of aryl methyl sites for hydroxylation is 1. The van der Waals surface area contributed by atoms with E-state index in [1.807, 2.05) is 17.3 Å². The van der Waals surface area contributed by atoms with Crippen LogP contribution in [0.25, 0.3) is 0 Å². The number of carbonyl (C=O) groups is 1. The Balaban J connectivity index is 1.51. The van der Waals surface area contributed by atoms with E-state index in [0.29, 0.717) is 32.0 Å². The van der Waals surface area contributed by atoms with Gasteiger partial charge < -0.3 is 10.0 Å². The number of carbonyl (C=O) groups excluding carboxylic acids is 1. The molecule has 2 aliphatic rings. The fraction of sp³-hybridized carbons (Fsp3) is 0.684. The lowest BCUT2D eigenvalue weighted by Crippen LogP contribution is -2.52. The van der Waals surface area contributed by atoms with Gasteiger partial charge in [-0.1, -0.05) is 0 Å². The van der Waals surface area contributed by atoms with E-state index in [1.165, 1.54) is 18.4 Å². The number of pyridine rings is 1. The molecule has 2 saturated heterocycles. The Morgan fingerprint density at radius 1 is 1.29 bits per heavy atom. The molecule has 0 radical (unpaired) electrons. The standard InChI is InChI=1S/C19H29N3O2/c1-16(23)21-13-8-19(24,9-14-21)15-22-12-2-3-18(22)5-4-17-6-10-20-11-7-17/h6-7,10-11,18,24H,2-5,8-9,12-15H2,1H3. The van der Waals surface area contributed by atoms with E-state index in [4.69, 9.17) is 0 Å². The SMILES string of the molecule is CC(=O)N1CCC(O)(CN2CCCC2CCc2ccncc2)CC1. The molecule has 0 spiro atoms. The summed E-state index contributed by atoms with van der Waals surface area (Å²) < 4.78 is 0. The Bertz CT molecular complexity index is 541. The summed E-state index contributed by atoms with van der Waals surface area (Å²) in [5.74, 6) is 0.119. The monoisotopic (exact) mass is 331 g/mol. The largest absolute Gasteiger partial charge is 0.388 e. The lowest BCUT2D eigenvalue weighted by atomic mass is 9.90. The lowest BCUT2D eigenvalue weighted by molar-refractivity contribution is -0.133. The van der Waals surface area contributed by atoms with Crippen LogP contribution in [-0.4, -0.2) is 63.6 Å². The summed E-state index contributed by atoms with van der Waals surface area (Å²) in [5.41, 5.74) is 0.705. The maximum Gasteiger partial charge on any atom is 0.219 e. The number of nitrogens with zero attached hydrogens (tertiary/aromatic N) is 3. The smallest absolute Gasteiger partial charge is 0.219 e. The zero-order valence-electron chi connectivity index (χ0n) is 14.7. The van der Waals surface area contributed by atoms with Gasteiger partial charge in [-0.2, -0.15) is 0 Å². The lowest BCUT2D eigenvalue weighted by Gasteiger charge is -2.41. The average Bonchev–Trinajstić information content (AvgIpc) is 3.01. The molecule has 1 unspecified atom stereocenters. The third-order valence-corrected chi connectivity index (χ3v) is 5.65. The van der Waals surface area contributed by atoms with Crippen LogP contribution in [-0.2, 0) is 11.2 Å². The summed E-state index contributed by atoms with van der Waals surface area (Å²) in [6.07, 6.45) is 9.75. The molecule has 0 aromatic carbocycles. The van der Waals surface area contributed by atoms with Crippen LogP contribution in [0.5, 0.6) is 0 Å². The second kappa shape index (κ2) is 7.62. The van der Waals surface area contributed by atoms with E-state index >= 15 is 0 Å². The molecule has 1 amide bonds. The molecule has 2 fully saturated rings. The third-order valence-electron chi connectivity index (χ3n) is 5.65. The van der Waals surface area contributed by atoms with Crippen molar-refractivity contribution in [2.24, 2.45) is 0 Å². The van der Waals surface area contributed by atoms with Crippen LogP contribution in [0.2, 0.25) is 0 Å². The highest BCUT2D eigenvalue weighted by Gasteiger charge is 2.37. The van der Waals surface area contributed by atoms with Crippen LogP contribution in [0, 0.1) is 0 Å². The zero-order valence-corrected chi connectivity index (χ0v) is 14.7. The Morgan fingerprint density at radius 2 is 2.00 bits per heavy atom. The number of aromatic nitrogens is 1. The predicted octanol–water partition coefficient (Wildman–Crippen LogP) is 1.85. The number of piperidine rings is 1. The van der Waals surface area contributed by atoms with E-state index in [-0.39, 0.29) is 5.91 Å². The van der Waals surface area contributed by atoms with Crippen molar-refractivity contribution in [3.63, 3.8) is 0 Å². The second-order valence-electron chi connectivity index (χ2n) is 7.39. The van der Waals surface area contributed by atoms with Gasteiger partial charge in [0.15, 0.2) is 0 Å². The van der Waals surface area contributed by atoms with Gasteiger partial charge >= 0.3 is 0 Å². The maximum absolute atomic E-state index is 11.5. The zero-order chi connectivity index (χ0) is 17.0. The topological polar surface area (TPSA) is 56.7 Å². The molecular weight excluding hydrogens is 302 g/mol. The van der Waals surface area contributed by atoms with Crippen LogP contribution in [0.3, 0.4) is 0 Å². The van der Waals surface area contributed by atoms with Crippen molar-refractivity contribution < 1.29 is 9.90 Å². The molecule has 5 nitrogen and oxygen atoms in total. The average molecular weight is 331 g/mol. The van der Waals surface area contributed by atoms with Gasteiger partial charge in [0.25, 0.3) is 0 Å². The van der Waals surface area contributed by atoms with Crippen LogP contribution in [0.4, 0.5) is 0 Å². The van der Waals surface area contributed by atoms with Crippen molar-refractivity contribution in [3.05, 3.63) is 30.1 Å². The predicted molar refractivity (Wildman–Crippen MR) is 93.6 cm³/mol. The fourth-order valence-electron chi connectivity index (χ4n) is 4.09. The van der Waals surface area contributed by atoms with Crippen molar-refractivity contribution >= 4 is 5.91 Å². The highest BCUT2D eigenvalue weighted by atomic mass is 16.3. The molecule has 24 heavy (non-hydrogen) atoms. The molecule has 0 saturated carbocycles. The highest BCUT2D eigenvalue weighted by Crippen LogP contribution is 2.29. The Kier molecular flexibility index (Phi) is 5.51. The maximum atomic E-state index is 11.5. The van der Waals surface area contributed by atoms with Crippen molar-refractivity contribution in [2.75, 3.05) is 26.2 Å². The van der Waals surface area contributed by atoms with Crippen molar-refractivity contribution in [3.8, 4) is 0 Å². The van der Waals surface area contributed by atoms with Gasteiger partial charge in [0.05, 0.1) is 5.60 Å². The molecule has 1 aromatic rings. The molecular formula is C19H29N3O2. The molecule has 0 aliphatic carbocycles. The molecule has 1 aromatic heterocycles. The minimum absolute atomic E-state index is 0.119. The first-order valence-corrected chi connectivity index (χ1v) is 9.17. The first kappa shape index (κ1) is 17.4. The Labute approximate surface area is 144 Å². The molecule has 3 rings (SSSR count). The van der Waals surface area contributed by atoms with Crippen LogP contribution in [0.1, 0.15) is 44.6 Å². The fourth-order valence-corrected chi connectivity index (χ4v) is 4.09. The van der Waals surface area contributed by atoms with E-state index in [9.17, 15) is 9.90 Å². The number of likely N-dealkylation sites (tertiary alicyclic amines) is 2. The third kappa shape index (κ3) is 4.33. The molecule has 132 valence electrons. The van der Waals surface area contributed by atoms with E-state index in [1.54, 1.807) is 6.92 Å². The Hall–Kier alpha value is -1.46. The first-order chi connectivity index (χ1) is 11.6. The summed E-state index contributed by atoms with van der Waals surface area (Å²) in [5, 5.41) is 10.9. The second-order valence-corrected chi connectivity index (χ2v) is 7.39. The number of hydrogen-bond acceptors (Lipinski definition) is 4. The minimum Gasteiger partial charge on any atom is -0.388 e. The minimum atomic E-state index is -0.634. The molecule has 3 heterocycles. The summed E-state index contributed by atoms with van der Waals surface area (Å²) in [6.45, 7) is 4.81. The molecule has 0 bridgehead atoms. The number of β-amino-alcohol motifs (C(OH)–C–C–N with tert-alkyl or cyclic N) is 1. The van der Waals surface area contributed by atoms with Crippen molar-refractivity contribution in [1.82, 2.24) is 14.8 Å². The van der Waals surface area contributed by atoms with Crippen LogP contribution >= 0.6 is 0 Å². The van der Waals surface area contributed by atoms with E-state index in [0.717, 1.165) is 25.9 Å². The molecule has 5 heteroatoms.